The van der Waals surface area contributed by atoms with Crippen molar-refractivity contribution in [3.63, 3.8) is 0 Å². The van der Waals surface area contributed by atoms with Gasteiger partial charge in [-0.1, -0.05) is 37.1 Å². The molecule has 5 heteroatoms. The van der Waals surface area contributed by atoms with Crippen LogP contribution in [0.1, 0.15) is 46.0 Å². The van der Waals surface area contributed by atoms with Gasteiger partial charge in [0.15, 0.2) is 11.8 Å². The molecule has 3 saturated carbocycles. The molecule has 4 nitrogen and oxygen atoms in total. The second-order valence-electron chi connectivity index (χ2n) is 9.00. The lowest BCUT2D eigenvalue weighted by molar-refractivity contribution is -0.159. The number of rotatable bonds is 2. The summed E-state index contributed by atoms with van der Waals surface area (Å²) >= 11 is 5.61. The lowest BCUT2D eigenvalue weighted by Gasteiger charge is -2.58. The van der Waals surface area contributed by atoms with Gasteiger partial charge in [-0.15, -0.1) is 0 Å². The van der Waals surface area contributed by atoms with Crippen molar-refractivity contribution in [1.29, 1.82) is 0 Å². The molecule has 0 radical (unpaired) electrons. The molecule has 0 spiro atoms. The van der Waals surface area contributed by atoms with E-state index in [9.17, 15) is 14.7 Å². The molecule has 0 aromatic carbocycles. The molecule has 7 atom stereocenters. The molecule has 4 rings (SSSR count). The zero-order chi connectivity index (χ0) is 18.7. The Hall–Kier alpha value is -1.13. The Labute approximate surface area is 159 Å². The average Bonchev–Trinajstić information content (AvgIpc) is 2.92. The summed E-state index contributed by atoms with van der Waals surface area (Å²) in [5.74, 6) is 0.505. The first-order valence-corrected chi connectivity index (χ1v) is 10.2. The molecule has 1 N–H and O–H groups in total. The Balaban J connectivity index is 1.68. The van der Waals surface area contributed by atoms with Crippen molar-refractivity contribution in [2.24, 2.45) is 34.5 Å². The SMILES string of the molecule is C[C@]12C[C@H](O)[C@H]3[C@@H](CCC4=CC(=O)C=C[C@@]43C)[C@@H]1CC[C@@H]2C(=O)OCCl. The van der Waals surface area contributed by atoms with Crippen LogP contribution in [0.25, 0.3) is 0 Å². The number of halogens is 1. The molecule has 142 valence electrons. The first-order valence-electron chi connectivity index (χ1n) is 9.66. The molecule has 0 aliphatic heterocycles. The van der Waals surface area contributed by atoms with Crippen molar-refractivity contribution in [1.82, 2.24) is 0 Å². The second kappa shape index (κ2) is 6.20. The van der Waals surface area contributed by atoms with Gasteiger partial charge in [-0.25, -0.2) is 0 Å². The fourth-order valence-electron chi connectivity index (χ4n) is 6.87. The highest BCUT2D eigenvalue weighted by atomic mass is 35.5. The largest absolute Gasteiger partial charge is 0.449 e. The van der Waals surface area contributed by atoms with Crippen LogP contribution in [0.3, 0.4) is 0 Å². The number of carbonyl (C=O) groups is 2. The third-order valence-electron chi connectivity index (χ3n) is 7.97. The standard InChI is InChI=1S/C21H27ClO4/c1-20-8-7-13(23)9-12(20)3-4-14-15-5-6-16(19(25)26-11-22)21(15,2)10-17(24)18(14)20/h7-9,14-18,24H,3-6,10-11H2,1-2H3/t14-,15-,16+,17-,18+,20-,21-/m0/s1. The summed E-state index contributed by atoms with van der Waals surface area (Å²) in [4.78, 5) is 24.3. The minimum atomic E-state index is -0.489. The fourth-order valence-corrected chi connectivity index (χ4v) is 6.97. The number of carbonyl (C=O) groups excluding carboxylic acids is 2. The number of allylic oxidation sites excluding steroid dienone is 4. The van der Waals surface area contributed by atoms with Crippen LogP contribution in [0.5, 0.6) is 0 Å². The first-order chi connectivity index (χ1) is 12.3. The van der Waals surface area contributed by atoms with Crippen LogP contribution < -0.4 is 0 Å². The van der Waals surface area contributed by atoms with E-state index in [0.29, 0.717) is 18.3 Å². The van der Waals surface area contributed by atoms with E-state index < -0.39 is 6.10 Å². The number of hydrogen-bond acceptors (Lipinski definition) is 4. The minimum Gasteiger partial charge on any atom is -0.449 e. The number of hydrogen-bond donors (Lipinski definition) is 1. The summed E-state index contributed by atoms with van der Waals surface area (Å²) in [6.45, 7) is 4.32. The third-order valence-corrected chi connectivity index (χ3v) is 8.08. The van der Waals surface area contributed by atoms with Gasteiger partial charge >= 0.3 is 5.97 Å². The Morgan fingerprint density at radius 3 is 2.85 bits per heavy atom. The van der Waals surface area contributed by atoms with Crippen molar-refractivity contribution < 1.29 is 19.4 Å². The Kier molecular flexibility index (Phi) is 4.35. The van der Waals surface area contributed by atoms with Gasteiger partial charge in [0.25, 0.3) is 0 Å². The van der Waals surface area contributed by atoms with Gasteiger partial charge in [0.05, 0.1) is 12.0 Å². The van der Waals surface area contributed by atoms with Gasteiger partial charge in [-0.3, -0.25) is 9.59 Å². The molecule has 0 bridgehead atoms. The van der Waals surface area contributed by atoms with Crippen molar-refractivity contribution in [3.05, 3.63) is 23.8 Å². The zero-order valence-electron chi connectivity index (χ0n) is 15.4. The monoisotopic (exact) mass is 378 g/mol. The Morgan fingerprint density at radius 2 is 2.12 bits per heavy atom. The summed E-state index contributed by atoms with van der Waals surface area (Å²) < 4.78 is 5.12. The molecule has 0 amide bonds. The Bertz CT molecular complexity index is 698. The number of aliphatic hydroxyl groups excluding tert-OH is 1. The molecular weight excluding hydrogens is 352 g/mol. The van der Waals surface area contributed by atoms with E-state index in [-0.39, 0.29) is 40.5 Å². The lowest BCUT2D eigenvalue weighted by Crippen LogP contribution is -2.56. The van der Waals surface area contributed by atoms with Crippen molar-refractivity contribution in [2.45, 2.75) is 52.1 Å². The van der Waals surface area contributed by atoms with Gasteiger partial charge in [0.1, 0.15) is 0 Å². The van der Waals surface area contributed by atoms with Crippen LogP contribution in [0, 0.1) is 34.5 Å². The van der Waals surface area contributed by atoms with Gasteiger partial charge in [-0.05, 0) is 61.5 Å². The third kappa shape index (κ3) is 2.45. The molecule has 4 aliphatic rings. The predicted octanol–water partition coefficient (Wildman–Crippen LogP) is 3.62. The van der Waals surface area contributed by atoms with Gasteiger partial charge in [0, 0.05) is 11.3 Å². The first kappa shape index (κ1) is 18.2. The number of ketones is 1. The van der Waals surface area contributed by atoms with Gasteiger partial charge in [-0.2, -0.15) is 0 Å². The van der Waals surface area contributed by atoms with Gasteiger partial charge < -0.3 is 9.84 Å². The summed E-state index contributed by atoms with van der Waals surface area (Å²) in [6.07, 6.45) is 9.22. The maximum Gasteiger partial charge on any atom is 0.310 e. The molecule has 0 unspecified atom stereocenters. The topological polar surface area (TPSA) is 63.6 Å². The van der Waals surface area contributed by atoms with Crippen LogP contribution in [-0.4, -0.2) is 29.0 Å². The maximum absolute atomic E-state index is 12.5. The molecule has 0 aromatic rings. The molecule has 3 fully saturated rings. The van der Waals surface area contributed by atoms with Gasteiger partial charge in [0.2, 0.25) is 0 Å². The molecular formula is C21H27ClO4. The molecule has 0 saturated heterocycles. The van der Waals surface area contributed by atoms with Crippen molar-refractivity contribution >= 4 is 23.4 Å². The fraction of sp³-hybridized carbons (Fsp3) is 0.714. The minimum absolute atomic E-state index is 0.0517. The van der Waals surface area contributed by atoms with Crippen LogP contribution in [0.2, 0.25) is 0 Å². The maximum atomic E-state index is 12.5. The summed E-state index contributed by atoms with van der Waals surface area (Å²) in [5, 5.41) is 11.2. The summed E-state index contributed by atoms with van der Waals surface area (Å²) in [6, 6.07) is -0.115. The van der Waals surface area contributed by atoms with Crippen molar-refractivity contribution in [3.8, 4) is 0 Å². The van der Waals surface area contributed by atoms with Crippen molar-refractivity contribution in [2.75, 3.05) is 6.07 Å². The van der Waals surface area contributed by atoms with E-state index in [1.807, 2.05) is 6.08 Å². The highest BCUT2D eigenvalue weighted by molar-refractivity contribution is 6.17. The summed E-state index contributed by atoms with van der Waals surface area (Å²) in [5.41, 5.74) is 0.659. The number of aliphatic hydroxyl groups is 1. The molecule has 4 aliphatic carbocycles. The number of esters is 1. The van der Waals surface area contributed by atoms with E-state index in [1.54, 1.807) is 12.2 Å². The molecule has 0 aromatic heterocycles. The van der Waals surface area contributed by atoms with E-state index in [0.717, 1.165) is 31.3 Å². The van der Waals surface area contributed by atoms with Crippen LogP contribution in [0.15, 0.2) is 23.8 Å². The average molecular weight is 379 g/mol. The quantitative estimate of drug-likeness (QED) is 0.588. The van der Waals surface area contributed by atoms with E-state index in [2.05, 4.69) is 13.8 Å². The number of ether oxygens (including phenoxy) is 1. The number of alkyl halides is 1. The highest BCUT2D eigenvalue weighted by Gasteiger charge is 2.62. The second-order valence-corrected chi connectivity index (χ2v) is 9.22. The lowest BCUT2D eigenvalue weighted by atomic mass is 9.47. The summed E-state index contributed by atoms with van der Waals surface area (Å²) in [7, 11) is 0. The predicted molar refractivity (Wildman–Crippen MR) is 98.3 cm³/mol. The normalized spacial score (nSPS) is 46.8. The van der Waals surface area contributed by atoms with E-state index in [1.165, 1.54) is 0 Å². The van der Waals surface area contributed by atoms with Crippen LogP contribution in [0.4, 0.5) is 0 Å². The number of fused-ring (bicyclic) bond motifs is 5. The highest BCUT2D eigenvalue weighted by Crippen LogP contribution is 2.66. The van der Waals surface area contributed by atoms with Crippen LogP contribution in [-0.2, 0) is 14.3 Å². The van der Waals surface area contributed by atoms with E-state index in [4.69, 9.17) is 16.3 Å². The smallest absolute Gasteiger partial charge is 0.310 e. The van der Waals surface area contributed by atoms with Crippen LogP contribution >= 0.6 is 11.6 Å². The molecule has 26 heavy (non-hydrogen) atoms. The molecule has 0 heterocycles. The van der Waals surface area contributed by atoms with E-state index >= 15 is 0 Å². The zero-order valence-corrected chi connectivity index (χ0v) is 16.2. The Morgan fingerprint density at radius 1 is 1.35 bits per heavy atom.